The van der Waals surface area contributed by atoms with Gasteiger partial charge in [0.1, 0.15) is 5.65 Å². The van der Waals surface area contributed by atoms with Gasteiger partial charge in [-0.2, -0.15) is 0 Å². The van der Waals surface area contributed by atoms with Crippen LogP contribution in [0.1, 0.15) is 20.7 Å². The number of aromatic nitrogens is 2. The molecule has 0 atom stereocenters. The van der Waals surface area contributed by atoms with Crippen LogP contribution in [0, 0.1) is 0 Å². The number of carbonyl (C=O) groups is 2. The Balaban J connectivity index is 1.95. The Morgan fingerprint density at radius 2 is 1.86 bits per heavy atom. The molecule has 0 aliphatic carbocycles. The molecule has 3 rings (SSSR count). The third kappa shape index (κ3) is 2.42. The third-order valence-corrected chi connectivity index (χ3v) is 3.24. The number of para-hydroxylation sites is 1. The van der Waals surface area contributed by atoms with Crippen molar-refractivity contribution in [2.45, 2.75) is 0 Å². The average Bonchev–Trinajstić information content (AvgIpc) is 3.03. The minimum Gasteiger partial charge on any atom is -0.465 e. The van der Waals surface area contributed by atoms with Crippen LogP contribution >= 0.6 is 0 Å². The summed E-state index contributed by atoms with van der Waals surface area (Å²) in [5.41, 5.74) is 1.67. The second kappa shape index (κ2) is 5.69. The van der Waals surface area contributed by atoms with Crippen LogP contribution < -0.4 is 5.32 Å². The fourth-order valence-electron chi connectivity index (χ4n) is 2.20. The van der Waals surface area contributed by atoms with Gasteiger partial charge in [-0.15, -0.1) is 0 Å². The highest BCUT2D eigenvalue weighted by Crippen LogP contribution is 2.18. The summed E-state index contributed by atoms with van der Waals surface area (Å²) in [5.74, 6) is -0.844. The predicted molar refractivity (Wildman–Crippen MR) is 80.9 cm³/mol. The zero-order valence-corrected chi connectivity index (χ0v) is 11.8. The highest BCUT2D eigenvalue weighted by atomic mass is 16.5. The van der Waals surface area contributed by atoms with Gasteiger partial charge in [0.15, 0.2) is 0 Å². The largest absolute Gasteiger partial charge is 0.465 e. The van der Waals surface area contributed by atoms with Crippen molar-refractivity contribution in [1.82, 2.24) is 9.38 Å². The molecule has 0 fully saturated rings. The van der Waals surface area contributed by atoms with Gasteiger partial charge < -0.3 is 14.5 Å². The Morgan fingerprint density at radius 3 is 2.68 bits per heavy atom. The van der Waals surface area contributed by atoms with Gasteiger partial charge in [-0.1, -0.05) is 12.1 Å². The Labute approximate surface area is 126 Å². The number of anilines is 1. The number of hydrogen-bond donors (Lipinski definition) is 1. The predicted octanol–water partition coefficient (Wildman–Crippen LogP) is 2.37. The van der Waals surface area contributed by atoms with Crippen molar-refractivity contribution >= 4 is 23.2 Å². The van der Waals surface area contributed by atoms with E-state index in [1.54, 1.807) is 53.2 Å². The van der Waals surface area contributed by atoms with Gasteiger partial charge in [0.05, 0.1) is 23.9 Å². The Hall–Kier alpha value is -3.15. The number of hydrogen-bond acceptors (Lipinski definition) is 4. The van der Waals surface area contributed by atoms with E-state index in [0.29, 0.717) is 22.5 Å². The second-order valence-electron chi connectivity index (χ2n) is 4.57. The molecule has 2 heterocycles. The second-order valence-corrected chi connectivity index (χ2v) is 4.57. The number of nitrogens with one attached hydrogen (secondary N) is 1. The number of imidazole rings is 1. The Morgan fingerprint density at radius 1 is 1.09 bits per heavy atom. The number of esters is 1. The summed E-state index contributed by atoms with van der Waals surface area (Å²) in [6.45, 7) is 0. The zero-order chi connectivity index (χ0) is 15.5. The first-order valence-electron chi connectivity index (χ1n) is 6.61. The summed E-state index contributed by atoms with van der Waals surface area (Å²) < 4.78 is 6.47. The van der Waals surface area contributed by atoms with Crippen molar-refractivity contribution in [3.8, 4) is 0 Å². The zero-order valence-electron chi connectivity index (χ0n) is 11.8. The van der Waals surface area contributed by atoms with Crippen molar-refractivity contribution in [1.29, 1.82) is 0 Å². The number of nitrogens with zero attached hydrogens (tertiary/aromatic N) is 2. The van der Waals surface area contributed by atoms with Gasteiger partial charge in [0, 0.05) is 18.6 Å². The minimum atomic E-state index is -0.505. The van der Waals surface area contributed by atoms with Crippen molar-refractivity contribution in [3.05, 3.63) is 66.1 Å². The molecule has 0 aliphatic heterocycles. The molecule has 0 saturated heterocycles. The summed E-state index contributed by atoms with van der Waals surface area (Å²) in [6, 6.07) is 10.1. The van der Waals surface area contributed by atoms with E-state index >= 15 is 0 Å². The highest BCUT2D eigenvalue weighted by Gasteiger charge is 2.16. The van der Waals surface area contributed by atoms with Crippen LogP contribution in [0.3, 0.4) is 0 Å². The molecule has 1 N–H and O–H groups in total. The first-order chi connectivity index (χ1) is 10.7. The van der Waals surface area contributed by atoms with E-state index in [1.165, 1.54) is 7.11 Å². The first-order valence-corrected chi connectivity index (χ1v) is 6.61. The van der Waals surface area contributed by atoms with E-state index in [9.17, 15) is 9.59 Å². The number of benzene rings is 1. The number of carbonyl (C=O) groups excluding carboxylic acids is 2. The molecule has 3 aromatic rings. The van der Waals surface area contributed by atoms with Crippen LogP contribution in [0.4, 0.5) is 5.69 Å². The number of ether oxygens (including phenoxy) is 1. The van der Waals surface area contributed by atoms with Gasteiger partial charge in [-0.05, 0) is 24.3 Å². The van der Waals surface area contributed by atoms with Gasteiger partial charge in [0.2, 0.25) is 0 Å². The number of fused-ring (bicyclic) bond motifs is 1. The number of methoxy groups -OCH3 is 1. The average molecular weight is 295 g/mol. The summed E-state index contributed by atoms with van der Waals surface area (Å²) in [4.78, 5) is 28.4. The molecule has 1 aromatic carbocycles. The Kier molecular flexibility index (Phi) is 3.57. The van der Waals surface area contributed by atoms with E-state index < -0.39 is 5.97 Å². The summed E-state index contributed by atoms with van der Waals surface area (Å²) in [7, 11) is 1.30. The SMILES string of the molecule is COC(=O)c1ccccc1NC(=O)c1cccn2ccnc12. The van der Waals surface area contributed by atoms with E-state index in [2.05, 4.69) is 10.3 Å². The molecular weight excluding hydrogens is 282 g/mol. The summed E-state index contributed by atoms with van der Waals surface area (Å²) in [6.07, 6.45) is 5.19. The van der Waals surface area contributed by atoms with Gasteiger partial charge >= 0.3 is 5.97 Å². The maximum atomic E-state index is 12.5. The quantitative estimate of drug-likeness (QED) is 0.753. The van der Waals surface area contributed by atoms with Crippen LogP contribution in [0.15, 0.2) is 55.0 Å². The third-order valence-electron chi connectivity index (χ3n) is 3.24. The standard InChI is InChI=1S/C16H13N3O3/c1-22-16(21)11-5-2-3-7-13(11)18-15(20)12-6-4-9-19-10-8-17-14(12)19/h2-10H,1H3,(H,18,20). The topological polar surface area (TPSA) is 72.7 Å². The number of pyridine rings is 1. The van der Waals surface area contributed by atoms with Crippen LogP contribution in [0.5, 0.6) is 0 Å². The van der Waals surface area contributed by atoms with Crippen LogP contribution in [-0.2, 0) is 4.74 Å². The molecule has 0 spiro atoms. The molecule has 0 bridgehead atoms. The molecular formula is C16H13N3O3. The van der Waals surface area contributed by atoms with Crippen molar-refractivity contribution in [3.63, 3.8) is 0 Å². The normalized spacial score (nSPS) is 10.4. The molecule has 110 valence electrons. The van der Waals surface area contributed by atoms with Crippen LogP contribution in [0.25, 0.3) is 5.65 Å². The van der Waals surface area contributed by atoms with E-state index in [4.69, 9.17) is 4.74 Å². The lowest BCUT2D eigenvalue weighted by atomic mass is 10.1. The van der Waals surface area contributed by atoms with Crippen molar-refractivity contribution < 1.29 is 14.3 Å². The monoisotopic (exact) mass is 295 g/mol. The molecule has 0 unspecified atom stereocenters. The molecule has 6 nitrogen and oxygen atoms in total. The smallest absolute Gasteiger partial charge is 0.339 e. The van der Waals surface area contributed by atoms with Gasteiger partial charge in [0.25, 0.3) is 5.91 Å². The van der Waals surface area contributed by atoms with Crippen LogP contribution in [-0.4, -0.2) is 28.4 Å². The number of rotatable bonds is 3. The van der Waals surface area contributed by atoms with E-state index in [0.717, 1.165) is 0 Å². The van der Waals surface area contributed by atoms with Crippen molar-refractivity contribution in [2.24, 2.45) is 0 Å². The molecule has 22 heavy (non-hydrogen) atoms. The van der Waals surface area contributed by atoms with Gasteiger partial charge in [-0.25, -0.2) is 9.78 Å². The lowest BCUT2D eigenvalue weighted by Crippen LogP contribution is -2.16. The Bertz CT molecular complexity index is 854. The summed E-state index contributed by atoms with van der Waals surface area (Å²) >= 11 is 0. The lowest BCUT2D eigenvalue weighted by Gasteiger charge is -2.10. The lowest BCUT2D eigenvalue weighted by molar-refractivity contribution is 0.0602. The fourth-order valence-corrected chi connectivity index (χ4v) is 2.20. The van der Waals surface area contributed by atoms with Gasteiger partial charge in [-0.3, -0.25) is 4.79 Å². The maximum Gasteiger partial charge on any atom is 0.339 e. The highest BCUT2D eigenvalue weighted by molar-refractivity contribution is 6.10. The van der Waals surface area contributed by atoms with Crippen molar-refractivity contribution in [2.75, 3.05) is 12.4 Å². The fraction of sp³-hybridized carbons (Fsp3) is 0.0625. The first kappa shape index (κ1) is 13.8. The molecule has 0 radical (unpaired) electrons. The van der Waals surface area contributed by atoms with E-state index in [1.807, 2.05) is 6.20 Å². The number of amides is 1. The maximum absolute atomic E-state index is 12.5. The molecule has 1 amide bonds. The minimum absolute atomic E-state index is 0.300. The molecule has 0 saturated carbocycles. The van der Waals surface area contributed by atoms with Crippen LogP contribution in [0.2, 0.25) is 0 Å². The molecule has 0 aliphatic rings. The molecule has 6 heteroatoms. The summed E-state index contributed by atoms with van der Waals surface area (Å²) in [5, 5.41) is 2.73. The molecule has 2 aromatic heterocycles. The van der Waals surface area contributed by atoms with E-state index in [-0.39, 0.29) is 5.91 Å².